The molecule has 2 unspecified atom stereocenters. The molecule has 0 saturated carbocycles. The van der Waals surface area contributed by atoms with Crippen LogP contribution in [-0.4, -0.2) is 30.3 Å². The number of carbonyl (C=O) groups is 2. The maximum atomic E-state index is 13.9. The van der Waals surface area contributed by atoms with E-state index in [0.29, 0.717) is 28.5 Å². The third-order valence-corrected chi connectivity index (χ3v) is 7.14. The summed E-state index contributed by atoms with van der Waals surface area (Å²) in [5.41, 5.74) is 5.80. The van der Waals surface area contributed by atoms with Gasteiger partial charge in [-0.1, -0.05) is 47.5 Å². The number of hydrogen-bond acceptors (Lipinski definition) is 5. The zero-order valence-corrected chi connectivity index (χ0v) is 21.7. The van der Waals surface area contributed by atoms with Gasteiger partial charge in [0.15, 0.2) is 0 Å². The van der Waals surface area contributed by atoms with Crippen LogP contribution in [0.4, 0.5) is 11.4 Å². The maximum Gasteiger partial charge on any atom is 0.256 e. The van der Waals surface area contributed by atoms with Gasteiger partial charge in [0.1, 0.15) is 5.75 Å². The van der Waals surface area contributed by atoms with Crippen LogP contribution in [0.5, 0.6) is 5.75 Å². The molecule has 0 N–H and O–H groups in total. The van der Waals surface area contributed by atoms with E-state index in [4.69, 9.17) is 4.74 Å². The highest BCUT2D eigenvalue weighted by molar-refractivity contribution is 6.19. The number of rotatable bonds is 6. The fraction of sp³-hybridized carbons (Fsp3) is 0.267. The Morgan fingerprint density at radius 3 is 1.43 bits per heavy atom. The molecule has 2 aliphatic rings. The number of amides is 2. The number of hydrazone groups is 2. The van der Waals surface area contributed by atoms with E-state index in [1.54, 1.807) is 7.11 Å². The summed E-state index contributed by atoms with van der Waals surface area (Å²) in [5.74, 6) is -1.33. The van der Waals surface area contributed by atoms with Crippen LogP contribution >= 0.6 is 0 Å². The Morgan fingerprint density at radius 1 is 0.649 bits per heavy atom. The van der Waals surface area contributed by atoms with Crippen molar-refractivity contribution >= 4 is 34.6 Å². The molecule has 2 aliphatic heterocycles. The third kappa shape index (κ3) is 4.42. The van der Waals surface area contributed by atoms with Gasteiger partial charge in [0.25, 0.3) is 11.8 Å². The third-order valence-electron chi connectivity index (χ3n) is 7.14. The van der Waals surface area contributed by atoms with Crippen molar-refractivity contribution in [3.05, 3.63) is 89.5 Å². The van der Waals surface area contributed by atoms with Crippen molar-refractivity contribution in [2.45, 2.75) is 33.6 Å². The molecule has 37 heavy (non-hydrogen) atoms. The molecule has 5 rings (SSSR count). The van der Waals surface area contributed by atoms with E-state index in [-0.39, 0.29) is 11.8 Å². The molecule has 2 amide bonds. The van der Waals surface area contributed by atoms with Gasteiger partial charge >= 0.3 is 0 Å². The predicted molar refractivity (Wildman–Crippen MR) is 146 cm³/mol. The van der Waals surface area contributed by atoms with Crippen molar-refractivity contribution in [1.29, 1.82) is 0 Å². The lowest BCUT2D eigenvalue weighted by atomic mass is 9.73. The normalized spacial score (nSPS) is 20.2. The molecule has 7 heteroatoms. The minimum absolute atomic E-state index is 0.156. The molecule has 2 atom stereocenters. The highest BCUT2D eigenvalue weighted by Crippen LogP contribution is 2.43. The smallest absolute Gasteiger partial charge is 0.256 e. The Kier molecular flexibility index (Phi) is 6.38. The van der Waals surface area contributed by atoms with E-state index in [0.717, 1.165) is 16.7 Å². The second kappa shape index (κ2) is 9.65. The molecule has 3 aromatic rings. The van der Waals surface area contributed by atoms with Crippen molar-refractivity contribution in [3.8, 4) is 5.75 Å². The van der Waals surface area contributed by atoms with E-state index >= 15 is 0 Å². The van der Waals surface area contributed by atoms with Crippen LogP contribution < -0.4 is 14.8 Å². The lowest BCUT2D eigenvalue weighted by molar-refractivity contribution is -0.122. The van der Waals surface area contributed by atoms with Gasteiger partial charge in [-0.05, 0) is 69.7 Å². The van der Waals surface area contributed by atoms with Gasteiger partial charge in [-0.2, -0.15) is 10.2 Å². The summed E-state index contributed by atoms with van der Waals surface area (Å²) in [4.78, 5) is 27.8. The van der Waals surface area contributed by atoms with E-state index in [9.17, 15) is 9.59 Å². The van der Waals surface area contributed by atoms with Crippen LogP contribution in [0.2, 0.25) is 0 Å². The standard InChI is InChI=1S/C30H30N4O3/c1-18-6-12-23(13-7-18)33-29(35)26(20(3)31-33)28(22-10-16-25(37-5)17-11-22)27-21(4)32-34(30(27)36)24-14-8-19(2)9-15-24/h6-17,26-28H,1-5H3. The van der Waals surface area contributed by atoms with Gasteiger partial charge in [-0.15, -0.1) is 0 Å². The summed E-state index contributed by atoms with van der Waals surface area (Å²) in [6, 6.07) is 23.0. The molecule has 188 valence electrons. The number of hydrogen-bond donors (Lipinski definition) is 0. The lowest BCUT2D eigenvalue weighted by Crippen LogP contribution is -2.40. The van der Waals surface area contributed by atoms with E-state index in [1.165, 1.54) is 10.0 Å². The molecule has 0 radical (unpaired) electrons. The topological polar surface area (TPSA) is 74.6 Å². The van der Waals surface area contributed by atoms with Gasteiger partial charge in [0, 0.05) is 17.3 Å². The molecule has 7 nitrogen and oxygen atoms in total. The first-order valence-electron chi connectivity index (χ1n) is 12.3. The Bertz CT molecular complexity index is 1310. The molecule has 0 aromatic heterocycles. The Labute approximate surface area is 217 Å². The summed E-state index contributed by atoms with van der Waals surface area (Å²) >= 11 is 0. The zero-order chi connectivity index (χ0) is 26.3. The molecule has 2 heterocycles. The SMILES string of the molecule is COc1ccc(C(C2C(=O)N(c3ccc(C)cc3)N=C2C)C2C(=O)N(c3ccc(C)cc3)N=C2C)cc1. The second-order valence-electron chi connectivity index (χ2n) is 9.71. The predicted octanol–water partition coefficient (Wildman–Crippen LogP) is 5.47. The van der Waals surface area contributed by atoms with Crippen molar-refractivity contribution in [2.75, 3.05) is 17.1 Å². The summed E-state index contributed by atoms with van der Waals surface area (Å²) < 4.78 is 5.36. The summed E-state index contributed by atoms with van der Waals surface area (Å²) in [7, 11) is 1.61. The van der Waals surface area contributed by atoms with Crippen molar-refractivity contribution in [3.63, 3.8) is 0 Å². The number of methoxy groups -OCH3 is 1. The zero-order valence-electron chi connectivity index (χ0n) is 21.7. The largest absolute Gasteiger partial charge is 0.497 e. The monoisotopic (exact) mass is 494 g/mol. The fourth-order valence-electron chi connectivity index (χ4n) is 5.13. The van der Waals surface area contributed by atoms with Gasteiger partial charge in [0.2, 0.25) is 0 Å². The number of anilines is 2. The molecule has 3 aromatic carbocycles. The highest BCUT2D eigenvalue weighted by Gasteiger charge is 2.50. The average molecular weight is 495 g/mol. The Hall–Kier alpha value is -4.26. The molecule has 0 spiro atoms. The fourth-order valence-corrected chi connectivity index (χ4v) is 5.13. The first-order chi connectivity index (χ1) is 17.8. The first-order valence-corrected chi connectivity index (χ1v) is 12.3. The van der Waals surface area contributed by atoms with Crippen LogP contribution in [0, 0.1) is 25.7 Å². The van der Waals surface area contributed by atoms with Gasteiger partial charge in [0.05, 0.1) is 30.3 Å². The molecular formula is C30H30N4O3. The molecular weight excluding hydrogens is 464 g/mol. The number of ether oxygens (including phenoxy) is 1. The maximum absolute atomic E-state index is 13.9. The minimum atomic E-state index is -0.619. The first kappa shape index (κ1) is 24.4. The number of aryl methyl sites for hydroxylation is 2. The molecule has 0 bridgehead atoms. The summed E-state index contributed by atoms with van der Waals surface area (Å²) in [5, 5.41) is 12.2. The number of benzene rings is 3. The van der Waals surface area contributed by atoms with Gasteiger partial charge in [-0.3, -0.25) is 9.59 Å². The highest BCUT2D eigenvalue weighted by atomic mass is 16.5. The number of nitrogens with zero attached hydrogens (tertiary/aromatic N) is 4. The Balaban J connectivity index is 1.56. The Morgan fingerprint density at radius 2 is 1.05 bits per heavy atom. The van der Waals surface area contributed by atoms with E-state index in [1.807, 2.05) is 100 Å². The van der Waals surface area contributed by atoms with Crippen molar-refractivity contribution in [2.24, 2.45) is 22.0 Å². The van der Waals surface area contributed by atoms with Gasteiger partial charge in [-0.25, -0.2) is 10.0 Å². The van der Waals surface area contributed by atoms with E-state index in [2.05, 4.69) is 10.2 Å². The number of carbonyl (C=O) groups excluding carboxylic acids is 2. The molecule has 0 fully saturated rings. The summed E-state index contributed by atoms with van der Waals surface area (Å²) in [6.07, 6.45) is 0. The van der Waals surface area contributed by atoms with Crippen LogP contribution in [0.15, 0.2) is 83.0 Å². The molecule has 0 aliphatic carbocycles. The van der Waals surface area contributed by atoms with Crippen LogP contribution in [0.3, 0.4) is 0 Å². The lowest BCUT2D eigenvalue weighted by Gasteiger charge is -2.28. The minimum Gasteiger partial charge on any atom is -0.497 e. The summed E-state index contributed by atoms with van der Waals surface area (Å²) in [6.45, 7) is 7.72. The van der Waals surface area contributed by atoms with Gasteiger partial charge < -0.3 is 4.74 Å². The second-order valence-corrected chi connectivity index (χ2v) is 9.71. The quantitative estimate of drug-likeness (QED) is 0.456. The van der Waals surface area contributed by atoms with Crippen LogP contribution in [0.1, 0.15) is 36.5 Å². The molecule has 0 saturated heterocycles. The average Bonchev–Trinajstić information content (AvgIpc) is 3.36. The van der Waals surface area contributed by atoms with Crippen molar-refractivity contribution < 1.29 is 14.3 Å². The van der Waals surface area contributed by atoms with E-state index < -0.39 is 17.8 Å². The van der Waals surface area contributed by atoms with Crippen LogP contribution in [0.25, 0.3) is 0 Å². The van der Waals surface area contributed by atoms with Crippen molar-refractivity contribution in [1.82, 2.24) is 0 Å². The van der Waals surface area contributed by atoms with Crippen LogP contribution in [-0.2, 0) is 9.59 Å².